The molecule has 0 aliphatic heterocycles. The highest BCUT2D eigenvalue weighted by Gasteiger charge is 2.70. The lowest BCUT2D eigenvalue weighted by molar-refractivity contribution is -0.196. The molecule has 1 amide bonds. The van der Waals surface area contributed by atoms with Gasteiger partial charge in [-0.15, -0.1) is 0 Å². The van der Waals surface area contributed by atoms with E-state index in [1.54, 1.807) is 13.3 Å². The number of pyridine rings is 1. The minimum absolute atomic E-state index is 0.0150. The molecule has 246 valence electrons. The van der Waals surface area contributed by atoms with E-state index >= 15 is 0 Å². The summed E-state index contributed by atoms with van der Waals surface area (Å²) in [7, 11) is 1.56. The summed E-state index contributed by atoms with van der Waals surface area (Å²) < 4.78 is 5.53. The molecule has 0 saturated heterocycles. The van der Waals surface area contributed by atoms with Gasteiger partial charge >= 0.3 is 5.97 Å². The molecule has 8 unspecified atom stereocenters. The topological polar surface area (TPSA) is 85.4 Å². The molecule has 6 nitrogen and oxygen atoms in total. The van der Waals surface area contributed by atoms with Crippen molar-refractivity contribution in [3.63, 3.8) is 0 Å². The van der Waals surface area contributed by atoms with Gasteiger partial charge in [0.15, 0.2) is 5.78 Å². The molecule has 0 spiro atoms. The second kappa shape index (κ2) is 10.8. The summed E-state index contributed by atoms with van der Waals surface area (Å²) in [6.45, 7) is 16.9. The zero-order valence-electron chi connectivity index (χ0n) is 29.1. The number of carbonyl (C=O) groups is 3. The highest BCUT2D eigenvalue weighted by molar-refractivity contribution is 6.04. The monoisotopic (exact) mass is 616 g/mol. The minimum atomic E-state index is -0.631. The van der Waals surface area contributed by atoms with Gasteiger partial charge < -0.3 is 10.1 Å². The predicted molar refractivity (Wildman–Crippen MR) is 176 cm³/mol. The van der Waals surface area contributed by atoms with Gasteiger partial charge in [-0.25, -0.2) is 0 Å². The predicted octanol–water partition coefficient (Wildman–Crippen LogP) is 7.51. The Labute approximate surface area is 270 Å². The largest absolute Gasteiger partial charge is 0.469 e. The summed E-state index contributed by atoms with van der Waals surface area (Å²) in [4.78, 5) is 45.6. The zero-order chi connectivity index (χ0) is 32.6. The highest BCUT2D eigenvalue weighted by atomic mass is 16.5. The number of allylic oxidation sites excluding steroid dienone is 2. The number of methoxy groups -OCH3 is 1. The van der Waals surface area contributed by atoms with Crippen LogP contribution in [0, 0.1) is 56.2 Å². The zero-order valence-corrected chi connectivity index (χ0v) is 29.1. The van der Waals surface area contributed by atoms with Crippen LogP contribution in [-0.4, -0.2) is 36.3 Å². The first-order valence-corrected chi connectivity index (χ1v) is 17.6. The summed E-state index contributed by atoms with van der Waals surface area (Å²) >= 11 is 0. The van der Waals surface area contributed by atoms with Crippen molar-refractivity contribution in [2.45, 2.75) is 113 Å². The van der Waals surface area contributed by atoms with Crippen molar-refractivity contribution in [2.24, 2.45) is 56.2 Å². The molecule has 1 heterocycles. The van der Waals surface area contributed by atoms with Crippen LogP contribution in [0.5, 0.6) is 0 Å². The molecule has 0 radical (unpaired) electrons. The van der Waals surface area contributed by atoms with E-state index in [0.29, 0.717) is 25.3 Å². The van der Waals surface area contributed by atoms with E-state index in [4.69, 9.17) is 4.74 Å². The van der Waals surface area contributed by atoms with Crippen molar-refractivity contribution in [1.82, 2.24) is 10.3 Å². The molecule has 4 fully saturated rings. The van der Waals surface area contributed by atoms with Gasteiger partial charge in [0.2, 0.25) is 5.91 Å². The third-order valence-corrected chi connectivity index (χ3v) is 14.7. The van der Waals surface area contributed by atoms with E-state index in [9.17, 15) is 14.4 Å². The van der Waals surface area contributed by atoms with Gasteiger partial charge in [0.1, 0.15) is 0 Å². The van der Waals surface area contributed by atoms with E-state index in [1.807, 2.05) is 18.3 Å². The summed E-state index contributed by atoms with van der Waals surface area (Å²) in [5, 5.41) is 3.13. The number of ether oxygens (including phenoxy) is 1. The van der Waals surface area contributed by atoms with Gasteiger partial charge in [-0.2, -0.15) is 0 Å². The Balaban J connectivity index is 1.33. The van der Waals surface area contributed by atoms with Crippen LogP contribution in [-0.2, 0) is 25.5 Å². The molecule has 1 N–H and O–H groups in total. The van der Waals surface area contributed by atoms with E-state index in [1.165, 1.54) is 5.57 Å². The molecule has 45 heavy (non-hydrogen) atoms. The Morgan fingerprint density at radius 1 is 0.978 bits per heavy atom. The standard InChI is InChI=1S/C39H56N2O4/c1-34(2)16-18-39(33(44)45-8)19-17-37(6)27(28(39)23-34)11-12-30-36(5)22-26(32(43)41-21-14-25-10-9-20-40-24-25)31(42)35(3,4)29(36)13-15-38(30,37)7/h9-11,20,24,26,28-30H,12-19,21-23H2,1-8H3,(H,41,43). The first-order chi connectivity index (χ1) is 21.1. The van der Waals surface area contributed by atoms with E-state index in [0.717, 1.165) is 56.9 Å². The Kier molecular flexibility index (Phi) is 7.76. The van der Waals surface area contributed by atoms with Gasteiger partial charge in [0, 0.05) is 24.4 Å². The number of fused-ring (bicyclic) bond motifs is 7. The lowest BCUT2D eigenvalue weighted by atomic mass is 9.33. The van der Waals surface area contributed by atoms with Crippen LogP contribution >= 0.6 is 0 Å². The van der Waals surface area contributed by atoms with Gasteiger partial charge in [0.25, 0.3) is 0 Å². The van der Waals surface area contributed by atoms with Crippen molar-refractivity contribution >= 4 is 17.7 Å². The number of esters is 1. The van der Waals surface area contributed by atoms with Gasteiger partial charge in [-0.3, -0.25) is 19.4 Å². The molecule has 6 rings (SSSR count). The third-order valence-electron chi connectivity index (χ3n) is 14.7. The molecule has 0 aromatic carbocycles. The maximum Gasteiger partial charge on any atom is 0.312 e. The van der Waals surface area contributed by atoms with Gasteiger partial charge in [-0.05, 0) is 115 Å². The molecule has 1 aromatic rings. The molecule has 5 aliphatic rings. The molecular weight excluding hydrogens is 560 g/mol. The number of ketones is 1. The van der Waals surface area contributed by atoms with Crippen LogP contribution < -0.4 is 5.32 Å². The second-order valence-electron chi connectivity index (χ2n) is 17.6. The smallest absolute Gasteiger partial charge is 0.312 e. The van der Waals surface area contributed by atoms with Crippen LogP contribution in [0.1, 0.15) is 112 Å². The van der Waals surface area contributed by atoms with Crippen LogP contribution in [0.2, 0.25) is 0 Å². The summed E-state index contributed by atoms with van der Waals surface area (Å²) in [6.07, 6.45) is 15.3. The molecule has 4 saturated carbocycles. The number of nitrogens with zero attached hydrogens (tertiary/aromatic N) is 1. The van der Waals surface area contributed by atoms with E-state index in [2.05, 4.69) is 64.8 Å². The fourth-order valence-electron chi connectivity index (χ4n) is 12.0. The molecule has 0 bridgehead atoms. The Hall–Kier alpha value is -2.50. The first kappa shape index (κ1) is 32.4. The van der Waals surface area contributed by atoms with Gasteiger partial charge in [0.05, 0.1) is 18.4 Å². The Morgan fingerprint density at radius 3 is 2.40 bits per heavy atom. The Bertz CT molecular complexity index is 1400. The average Bonchev–Trinajstić information content (AvgIpc) is 2.99. The Morgan fingerprint density at radius 2 is 1.71 bits per heavy atom. The number of hydrogen-bond donors (Lipinski definition) is 1. The van der Waals surface area contributed by atoms with Crippen molar-refractivity contribution < 1.29 is 19.1 Å². The molecule has 6 heteroatoms. The van der Waals surface area contributed by atoms with Crippen LogP contribution in [0.15, 0.2) is 36.2 Å². The number of carbonyl (C=O) groups excluding carboxylic acids is 3. The number of Topliss-reactive ketones (excluding diaryl/α,β-unsaturated/α-hetero) is 1. The molecule has 8 atom stereocenters. The SMILES string of the molecule is COC(=O)C12CCC(C)(C)CC1C1=CCC3C4(C)CC(C(=O)NCCc5cccnc5)C(=O)C(C)(C)C4CCC3(C)C1(C)CC2. The van der Waals surface area contributed by atoms with Crippen molar-refractivity contribution in [3.05, 3.63) is 41.7 Å². The number of amides is 1. The first-order valence-electron chi connectivity index (χ1n) is 17.6. The number of hydrogen-bond acceptors (Lipinski definition) is 5. The van der Waals surface area contributed by atoms with Crippen molar-refractivity contribution in [3.8, 4) is 0 Å². The third kappa shape index (κ3) is 4.69. The summed E-state index contributed by atoms with van der Waals surface area (Å²) in [5.41, 5.74) is 1.62. The number of nitrogens with one attached hydrogen (secondary N) is 1. The summed E-state index contributed by atoms with van der Waals surface area (Å²) in [5.74, 6) is 0.144. The summed E-state index contributed by atoms with van der Waals surface area (Å²) in [6, 6.07) is 3.93. The van der Waals surface area contributed by atoms with E-state index in [-0.39, 0.29) is 51.2 Å². The van der Waals surface area contributed by atoms with Crippen LogP contribution in [0.4, 0.5) is 0 Å². The minimum Gasteiger partial charge on any atom is -0.469 e. The van der Waals surface area contributed by atoms with Crippen molar-refractivity contribution in [1.29, 1.82) is 0 Å². The fourth-order valence-corrected chi connectivity index (χ4v) is 12.0. The number of aromatic nitrogens is 1. The van der Waals surface area contributed by atoms with Crippen molar-refractivity contribution in [2.75, 3.05) is 13.7 Å². The van der Waals surface area contributed by atoms with Crippen LogP contribution in [0.25, 0.3) is 0 Å². The highest BCUT2D eigenvalue weighted by Crippen LogP contribution is 2.75. The van der Waals surface area contributed by atoms with E-state index < -0.39 is 16.7 Å². The molecule has 1 aromatic heterocycles. The molecule has 5 aliphatic carbocycles. The maximum atomic E-state index is 14.1. The second-order valence-corrected chi connectivity index (χ2v) is 17.6. The quantitative estimate of drug-likeness (QED) is 0.210. The lowest BCUT2D eigenvalue weighted by Gasteiger charge is -2.71. The normalized spacial score (nSPS) is 41.3. The number of rotatable bonds is 5. The maximum absolute atomic E-state index is 14.1. The average molecular weight is 617 g/mol. The molecular formula is C39H56N2O4. The fraction of sp³-hybridized carbons (Fsp3) is 0.744. The lowest BCUT2D eigenvalue weighted by Crippen LogP contribution is -2.66. The van der Waals surface area contributed by atoms with Gasteiger partial charge in [-0.1, -0.05) is 66.2 Å². The van der Waals surface area contributed by atoms with Crippen LogP contribution in [0.3, 0.4) is 0 Å².